The molecule has 0 saturated heterocycles. The van der Waals surface area contributed by atoms with Crippen LogP contribution in [0.3, 0.4) is 0 Å². The summed E-state index contributed by atoms with van der Waals surface area (Å²) in [5, 5.41) is 2.66. The third-order valence-corrected chi connectivity index (χ3v) is 4.49. The van der Waals surface area contributed by atoms with Gasteiger partial charge in [0.2, 0.25) is 5.91 Å². The lowest BCUT2D eigenvalue weighted by Crippen LogP contribution is -2.37. The van der Waals surface area contributed by atoms with Gasteiger partial charge in [-0.15, -0.1) is 0 Å². The molecule has 2 amide bonds. The summed E-state index contributed by atoms with van der Waals surface area (Å²) in [5.41, 5.74) is 2.86. The number of nitrogens with zero attached hydrogens (tertiary/aromatic N) is 1. The fourth-order valence-corrected chi connectivity index (χ4v) is 2.74. The number of benzene rings is 2. The molecule has 0 aromatic heterocycles. The Morgan fingerprint density at radius 1 is 1.04 bits per heavy atom. The van der Waals surface area contributed by atoms with Gasteiger partial charge in [-0.25, -0.2) is 0 Å². The maximum absolute atomic E-state index is 12.2. The summed E-state index contributed by atoms with van der Waals surface area (Å²) >= 11 is 3.33. The molecule has 0 unspecified atom stereocenters. The molecule has 0 fully saturated rings. The first-order chi connectivity index (χ1) is 11.5. The van der Waals surface area contributed by atoms with E-state index in [0.717, 1.165) is 12.0 Å². The van der Waals surface area contributed by atoms with Gasteiger partial charge in [-0.2, -0.15) is 0 Å². The van der Waals surface area contributed by atoms with Gasteiger partial charge >= 0.3 is 0 Å². The highest BCUT2D eigenvalue weighted by molar-refractivity contribution is 9.10. The molecule has 0 radical (unpaired) electrons. The predicted molar refractivity (Wildman–Crippen MR) is 98.8 cm³/mol. The topological polar surface area (TPSA) is 49.4 Å². The molecular formula is C19H21BrN2O2. The number of halogens is 1. The van der Waals surface area contributed by atoms with Gasteiger partial charge < -0.3 is 10.2 Å². The lowest BCUT2D eigenvalue weighted by atomic mass is 10.1. The van der Waals surface area contributed by atoms with Gasteiger partial charge in [0, 0.05) is 18.1 Å². The van der Waals surface area contributed by atoms with E-state index in [0.29, 0.717) is 16.6 Å². The van der Waals surface area contributed by atoms with Gasteiger partial charge in [-0.1, -0.05) is 43.3 Å². The van der Waals surface area contributed by atoms with Crippen molar-refractivity contribution >= 4 is 27.7 Å². The number of aryl methyl sites for hydroxylation is 1. The van der Waals surface area contributed by atoms with Crippen molar-refractivity contribution in [3.63, 3.8) is 0 Å². The van der Waals surface area contributed by atoms with Gasteiger partial charge in [0.05, 0.1) is 12.1 Å². The van der Waals surface area contributed by atoms with Crippen LogP contribution in [0.5, 0.6) is 0 Å². The Balaban J connectivity index is 1.87. The SMILES string of the molecule is CCc1ccc(CN(C)C(=O)CNC(=O)c2ccccc2Br)cc1. The Kier molecular flexibility index (Phi) is 6.55. The number of amides is 2. The normalized spacial score (nSPS) is 10.3. The Morgan fingerprint density at radius 2 is 1.67 bits per heavy atom. The second-order valence-corrected chi connectivity index (χ2v) is 6.44. The minimum Gasteiger partial charge on any atom is -0.343 e. The van der Waals surface area contributed by atoms with Gasteiger partial charge in [0.25, 0.3) is 5.91 Å². The summed E-state index contributed by atoms with van der Waals surface area (Å²) < 4.78 is 0.708. The van der Waals surface area contributed by atoms with E-state index in [1.54, 1.807) is 30.1 Å². The Bertz CT molecular complexity index is 714. The van der Waals surface area contributed by atoms with Crippen LogP contribution in [0.15, 0.2) is 53.0 Å². The molecule has 2 rings (SSSR count). The molecular weight excluding hydrogens is 368 g/mol. The zero-order chi connectivity index (χ0) is 17.5. The first-order valence-corrected chi connectivity index (χ1v) is 8.65. The summed E-state index contributed by atoms with van der Waals surface area (Å²) in [6.07, 6.45) is 0.996. The fraction of sp³-hybridized carbons (Fsp3) is 0.263. The number of rotatable bonds is 6. The minimum atomic E-state index is -0.267. The lowest BCUT2D eigenvalue weighted by molar-refractivity contribution is -0.129. The van der Waals surface area contributed by atoms with Crippen molar-refractivity contribution < 1.29 is 9.59 Å². The first-order valence-electron chi connectivity index (χ1n) is 7.85. The zero-order valence-electron chi connectivity index (χ0n) is 13.9. The first kappa shape index (κ1) is 18.2. The lowest BCUT2D eigenvalue weighted by Gasteiger charge is -2.18. The van der Waals surface area contributed by atoms with Crippen molar-refractivity contribution in [3.8, 4) is 0 Å². The molecule has 126 valence electrons. The van der Waals surface area contributed by atoms with Crippen molar-refractivity contribution in [1.82, 2.24) is 10.2 Å². The van der Waals surface area contributed by atoms with Crippen molar-refractivity contribution in [2.75, 3.05) is 13.6 Å². The van der Waals surface area contributed by atoms with E-state index in [1.807, 2.05) is 18.2 Å². The number of carbonyl (C=O) groups is 2. The Hall–Kier alpha value is -2.14. The molecule has 2 aromatic rings. The van der Waals surface area contributed by atoms with E-state index in [-0.39, 0.29) is 18.4 Å². The number of carbonyl (C=O) groups excluding carboxylic acids is 2. The third kappa shape index (κ3) is 4.93. The van der Waals surface area contributed by atoms with Crippen LogP contribution in [-0.4, -0.2) is 30.3 Å². The number of hydrogen-bond donors (Lipinski definition) is 1. The van der Waals surface area contributed by atoms with Gasteiger partial charge in [-0.3, -0.25) is 9.59 Å². The van der Waals surface area contributed by atoms with E-state index in [4.69, 9.17) is 0 Å². The Labute approximate surface area is 151 Å². The molecule has 0 aliphatic rings. The van der Waals surface area contributed by atoms with Crippen LogP contribution in [0.1, 0.15) is 28.4 Å². The van der Waals surface area contributed by atoms with Gasteiger partial charge in [-0.05, 0) is 45.6 Å². The van der Waals surface area contributed by atoms with E-state index in [1.165, 1.54) is 5.56 Å². The highest BCUT2D eigenvalue weighted by atomic mass is 79.9. The van der Waals surface area contributed by atoms with Crippen LogP contribution in [0, 0.1) is 0 Å². The minimum absolute atomic E-state index is 0.0241. The third-order valence-electron chi connectivity index (χ3n) is 3.80. The monoisotopic (exact) mass is 388 g/mol. The van der Waals surface area contributed by atoms with Crippen molar-refractivity contribution in [1.29, 1.82) is 0 Å². The molecule has 0 aliphatic carbocycles. The molecule has 0 aliphatic heterocycles. The molecule has 0 spiro atoms. The predicted octanol–water partition coefficient (Wildman–Crippen LogP) is 3.40. The van der Waals surface area contributed by atoms with Crippen LogP contribution in [0.2, 0.25) is 0 Å². The highest BCUT2D eigenvalue weighted by Gasteiger charge is 2.13. The number of likely N-dealkylation sites (N-methyl/N-ethyl adjacent to an activating group) is 1. The maximum atomic E-state index is 12.2. The maximum Gasteiger partial charge on any atom is 0.252 e. The number of hydrogen-bond acceptors (Lipinski definition) is 2. The molecule has 0 atom stereocenters. The summed E-state index contributed by atoms with van der Waals surface area (Å²) in [5.74, 6) is -0.397. The van der Waals surface area contributed by atoms with E-state index in [9.17, 15) is 9.59 Å². The summed E-state index contributed by atoms with van der Waals surface area (Å²) in [7, 11) is 1.74. The molecule has 0 heterocycles. The van der Waals surface area contributed by atoms with E-state index < -0.39 is 0 Å². The van der Waals surface area contributed by atoms with Crippen LogP contribution >= 0.6 is 15.9 Å². The van der Waals surface area contributed by atoms with Gasteiger partial charge in [0.1, 0.15) is 0 Å². The molecule has 4 nitrogen and oxygen atoms in total. The summed E-state index contributed by atoms with van der Waals surface area (Å²) in [4.78, 5) is 25.9. The van der Waals surface area contributed by atoms with E-state index in [2.05, 4.69) is 40.3 Å². The van der Waals surface area contributed by atoms with Crippen molar-refractivity contribution in [2.24, 2.45) is 0 Å². The van der Waals surface area contributed by atoms with Crippen LogP contribution in [0.4, 0.5) is 0 Å². The second-order valence-electron chi connectivity index (χ2n) is 5.58. The largest absolute Gasteiger partial charge is 0.343 e. The second kappa shape index (κ2) is 8.64. The average molecular weight is 389 g/mol. The average Bonchev–Trinajstić information content (AvgIpc) is 2.60. The summed E-state index contributed by atoms with van der Waals surface area (Å²) in [6, 6.07) is 15.3. The molecule has 1 N–H and O–H groups in total. The van der Waals surface area contributed by atoms with Crippen LogP contribution in [-0.2, 0) is 17.8 Å². The quantitative estimate of drug-likeness (QED) is 0.824. The van der Waals surface area contributed by atoms with Crippen LogP contribution in [0.25, 0.3) is 0 Å². The molecule has 5 heteroatoms. The van der Waals surface area contributed by atoms with Gasteiger partial charge in [0.15, 0.2) is 0 Å². The molecule has 2 aromatic carbocycles. The van der Waals surface area contributed by atoms with Crippen molar-refractivity contribution in [2.45, 2.75) is 19.9 Å². The Morgan fingerprint density at radius 3 is 2.29 bits per heavy atom. The van der Waals surface area contributed by atoms with Crippen LogP contribution < -0.4 is 5.32 Å². The molecule has 0 bridgehead atoms. The van der Waals surface area contributed by atoms with Crippen molar-refractivity contribution in [3.05, 3.63) is 69.7 Å². The molecule has 0 saturated carbocycles. The number of nitrogens with one attached hydrogen (secondary N) is 1. The molecule has 24 heavy (non-hydrogen) atoms. The standard InChI is InChI=1S/C19H21BrN2O2/c1-3-14-8-10-15(11-9-14)13-22(2)18(23)12-21-19(24)16-6-4-5-7-17(16)20/h4-11H,3,12-13H2,1-2H3,(H,21,24). The zero-order valence-corrected chi connectivity index (χ0v) is 15.5. The highest BCUT2D eigenvalue weighted by Crippen LogP contribution is 2.15. The van der Waals surface area contributed by atoms with E-state index >= 15 is 0 Å². The fourth-order valence-electron chi connectivity index (χ4n) is 2.27. The summed E-state index contributed by atoms with van der Waals surface area (Å²) in [6.45, 7) is 2.61. The smallest absolute Gasteiger partial charge is 0.252 e.